The van der Waals surface area contributed by atoms with E-state index in [4.69, 9.17) is 10.9 Å². The Morgan fingerprint density at radius 3 is 2.39 bits per heavy atom. The summed E-state index contributed by atoms with van der Waals surface area (Å²) in [6.07, 6.45) is 2.49. The quantitative estimate of drug-likeness (QED) is 0.305. The molecule has 0 radical (unpaired) electrons. The number of hydrogen-bond acceptors (Lipinski definition) is 3. The van der Waals surface area contributed by atoms with Crippen molar-refractivity contribution < 1.29 is 10.0 Å². The summed E-state index contributed by atoms with van der Waals surface area (Å²) >= 11 is 0. The highest BCUT2D eigenvalue weighted by molar-refractivity contribution is 6.07. The number of amidine groups is 1. The number of carbonyl (C=O) groups is 1. The lowest BCUT2D eigenvalue weighted by Gasteiger charge is -2.43. The average Bonchev–Trinajstić information content (AvgIpc) is 2.88. The monoisotopic (exact) mass is 253 g/mol. The summed E-state index contributed by atoms with van der Waals surface area (Å²) < 4.78 is 0. The van der Waals surface area contributed by atoms with Crippen LogP contribution in [0.1, 0.15) is 40.0 Å². The van der Waals surface area contributed by atoms with Crippen LogP contribution in [0, 0.1) is 22.7 Å². The first-order valence-electron chi connectivity index (χ1n) is 6.58. The van der Waals surface area contributed by atoms with Crippen LogP contribution >= 0.6 is 0 Å². The molecule has 18 heavy (non-hydrogen) atoms. The van der Waals surface area contributed by atoms with Gasteiger partial charge in [0, 0.05) is 6.54 Å². The van der Waals surface area contributed by atoms with Gasteiger partial charge in [-0.25, -0.2) is 0 Å². The molecule has 0 aromatic heterocycles. The van der Waals surface area contributed by atoms with Crippen molar-refractivity contribution in [1.82, 2.24) is 5.32 Å². The maximum Gasteiger partial charge on any atom is 0.233 e. The van der Waals surface area contributed by atoms with E-state index < -0.39 is 5.41 Å². The van der Waals surface area contributed by atoms with E-state index in [0.29, 0.717) is 36.6 Å². The van der Waals surface area contributed by atoms with Gasteiger partial charge < -0.3 is 16.3 Å². The van der Waals surface area contributed by atoms with Crippen LogP contribution in [0.4, 0.5) is 0 Å². The lowest BCUT2D eigenvalue weighted by atomic mass is 9.61. The third-order valence-corrected chi connectivity index (χ3v) is 4.65. The summed E-state index contributed by atoms with van der Waals surface area (Å²) in [4.78, 5) is 12.3. The topological polar surface area (TPSA) is 87.7 Å². The largest absolute Gasteiger partial charge is 0.409 e. The normalized spacial score (nSPS) is 37.8. The first-order chi connectivity index (χ1) is 8.32. The molecule has 2 aliphatic rings. The molecule has 5 heteroatoms. The van der Waals surface area contributed by atoms with Gasteiger partial charge in [0.2, 0.25) is 5.91 Å². The van der Waals surface area contributed by atoms with Gasteiger partial charge in [0.25, 0.3) is 0 Å². The summed E-state index contributed by atoms with van der Waals surface area (Å²) in [5.74, 6) is 0.975. The van der Waals surface area contributed by atoms with E-state index >= 15 is 0 Å². The molecule has 4 N–H and O–H groups in total. The van der Waals surface area contributed by atoms with Crippen LogP contribution in [0.15, 0.2) is 5.16 Å². The first kappa shape index (κ1) is 13.2. The fraction of sp³-hybridized carbons (Fsp3) is 0.846. The summed E-state index contributed by atoms with van der Waals surface area (Å²) in [5, 5.41) is 14.8. The fourth-order valence-electron chi connectivity index (χ4n) is 3.05. The highest BCUT2D eigenvalue weighted by Gasteiger charge is 2.53. The lowest BCUT2D eigenvalue weighted by molar-refractivity contribution is -0.133. The Hall–Kier alpha value is -1.26. The molecule has 1 unspecified atom stereocenters. The Balaban J connectivity index is 1.94. The van der Waals surface area contributed by atoms with Crippen LogP contribution in [0.3, 0.4) is 0 Å². The van der Waals surface area contributed by atoms with Crippen LogP contribution in [0.5, 0.6) is 0 Å². The molecule has 0 saturated heterocycles. The zero-order chi connectivity index (χ0) is 13.6. The molecule has 0 heterocycles. The predicted molar refractivity (Wildman–Crippen MR) is 69.1 cm³/mol. The second-order valence-corrected chi connectivity index (χ2v) is 6.68. The molecule has 0 bridgehead atoms. The van der Waals surface area contributed by atoms with Crippen molar-refractivity contribution in [3.63, 3.8) is 0 Å². The molecule has 5 nitrogen and oxygen atoms in total. The van der Waals surface area contributed by atoms with Crippen molar-refractivity contribution >= 4 is 11.7 Å². The number of nitrogens with two attached hydrogens (primary N) is 1. The van der Waals surface area contributed by atoms with Gasteiger partial charge >= 0.3 is 0 Å². The van der Waals surface area contributed by atoms with E-state index in [1.165, 1.54) is 0 Å². The number of nitrogens with zero attached hydrogens (tertiary/aromatic N) is 1. The van der Waals surface area contributed by atoms with Crippen LogP contribution in [-0.2, 0) is 4.79 Å². The van der Waals surface area contributed by atoms with Crippen LogP contribution in [-0.4, -0.2) is 23.5 Å². The molecule has 2 saturated carbocycles. The fourth-order valence-corrected chi connectivity index (χ4v) is 3.05. The average molecular weight is 253 g/mol. The molecule has 0 aromatic carbocycles. The van der Waals surface area contributed by atoms with E-state index in [-0.39, 0.29) is 11.7 Å². The highest BCUT2D eigenvalue weighted by Crippen LogP contribution is 2.51. The van der Waals surface area contributed by atoms with Gasteiger partial charge in [-0.05, 0) is 36.5 Å². The van der Waals surface area contributed by atoms with E-state index in [2.05, 4.69) is 31.2 Å². The maximum absolute atomic E-state index is 12.3. The molecule has 1 amide bonds. The molecule has 1 atom stereocenters. The minimum Gasteiger partial charge on any atom is -0.409 e. The van der Waals surface area contributed by atoms with E-state index in [9.17, 15) is 4.79 Å². The lowest BCUT2D eigenvalue weighted by Crippen LogP contribution is -2.57. The first-order valence-corrected chi connectivity index (χ1v) is 6.58. The van der Waals surface area contributed by atoms with Crippen molar-refractivity contribution in [1.29, 1.82) is 0 Å². The molecule has 2 aliphatic carbocycles. The SMILES string of the molecule is CC1CC(C(=O)NCC2CC2(C)C)(C(N)=NO)C1. The van der Waals surface area contributed by atoms with Gasteiger partial charge in [0.05, 0.1) is 0 Å². The Morgan fingerprint density at radius 1 is 1.44 bits per heavy atom. The number of rotatable bonds is 4. The summed E-state index contributed by atoms with van der Waals surface area (Å²) in [6.45, 7) is 7.17. The van der Waals surface area contributed by atoms with Gasteiger partial charge in [-0.3, -0.25) is 4.79 Å². The Labute approximate surface area is 108 Å². The van der Waals surface area contributed by atoms with Crippen LogP contribution < -0.4 is 11.1 Å². The number of hydrogen-bond donors (Lipinski definition) is 3. The van der Waals surface area contributed by atoms with Crippen molar-refractivity contribution in [2.24, 2.45) is 33.6 Å². The van der Waals surface area contributed by atoms with E-state index in [1.54, 1.807) is 0 Å². The number of carbonyl (C=O) groups excluding carboxylic acids is 1. The Kier molecular flexibility index (Phi) is 3.03. The number of oxime groups is 1. The standard InChI is InChI=1S/C13H23N3O2/c1-8-4-13(5-8,10(14)16-18)11(17)15-7-9-6-12(9,2)3/h8-9,18H,4-7H2,1-3H3,(H2,14,16)(H,15,17). The highest BCUT2D eigenvalue weighted by atomic mass is 16.4. The maximum atomic E-state index is 12.3. The molecule has 0 spiro atoms. The van der Waals surface area contributed by atoms with E-state index in [0.717, 1.165) is 6.42 Å². The Morgan fingerprint density at radius 2 is 2.00 bits per heavy atom. The van der Waals surface area contributed by atoms with Crippen molar-refractivity contribution in [2.45, 2.75) is 40.0 Å². The third-order valence-electron chi connectivity index (χ3n) is 4.65. The molecular formula is C13H23N3O2. The van der Waals surface area contributed by atoms with Crippen molar-refractivity contribution in [3.05, 3.63) is 0 Å². The van der Waals surface area contributed by atoms with Crippen molar-refractivity contribution in [3.8, 4) is 0 Å². The number of nitrogens with one attached hydrogen (secondary N) is 1. The second-order valence-electron chi connectivity index (χ2n) is 6.68. The molecular weight excluding hydrogens is 230 g/mol. The third kappa shape index (κ3) is 2.06. The zero-order valence-electron chi connectivity index (χ0n) is 11.4. The molecule has 2 rings (SSSR count). The molecule has 2 fully saturated rings. The summed E-state index contributed by atoms with van der Waals surface area (Å²) in [6, 6.07) is 0. The minimum absolute atomic E-state index is 0.0492. The second kappa shape index (κ2) is 4.14. The van der Waals surface area contributed by atoms with Gasteiger partial charge in [-0.2, -0.15) is 0 Å². The molecule has 0 aliphatic heterocycles. The predicted octanol–water partition coefficient (Wildman–Crippen LogP) is 1.31. The van der Waals surface area contributed by atoms with Gasteiger partial charge in [0.1, 0.15) is 5.41 Å². The van der Waals surface area contributed by atoms with Gasteiger partial charge in [-0.15, -0.1) is 0 Å². The summed E-state index contributed by atoms with van der Waals surface area (Å²) in [5.41, 5.74) is 5.27. The van der Waals surface area contributed by atoms with Crippen molar-refractivity contribution in [2.75, 3.05) is 6.54 Å². The zero-order valence-corrected chi connectivity index (χ0v) is 11.4. The number of amides is 1. The van der Waals surface area contributed by atoms with Gasteiger partial charge in [-0.1, -0.05) is 25.9 Å². The smallest absolute Gasteiger partial charge is 0.233 e. The van der Waals surface area contributed by atoms with Crippen LogP contribution in [0.2, 0.25) is 0 Å². The van der Waals surface area contributed by atoms with Gasteiger partial charge in [0.15, 0.2) is 5.84 Å². The molecule has 102 valence electrons. The van der Waals surface area contributed by atoms with E-state index in [1.807, 2.05) is 0 Å². The molecule has 0 aromatic rings. The Bertz CT molecular complexity index is 384. The van der Waals surface area contributed by atoms with Crippen LogP contribution in [0.25, 0.3) is 0 Å². The minimum atomic E-state index is -0.771. The summed E-state index contributed by atoms with van der Waals surface area (Å²) in [7, 11) is 0.